The van der Waals surface area contributed by atoms with Gasteiger partial charge in [-0.1, -0.05) is 105 Å². The molecule has 0 bridgehead atoms. The maximum absolute atomic E-state index is 14.8. The Morgan fingerprint density at radius 2 is 1.46 bits per heavy atom. The zero-order valence-corrected chi connectivity index (χ0v) is 33.4. The fraction of sp³-hybridized carbons (Fsp3) is 0.217. The lowest BCUT2D eigenvalue weighted by Crippen LogP contribution is -2.28. The fourth-order valence-corrected chi connectivity index (χ4v) is 8.44. The molecule has 0 amide bonds. The molecule has 286 valence electrons. The summed E-state index contributed by atoms with van der Waals surface area (Å²) in [5.74, 6) is 0.779. The Morgan fingerprint density at radius 3 is 2.09 bits per heavy atom. The average molecular weight is 768 g/mol. The molecular weight excluding hydrogens is 721 g/mol. The van der Waals surface area contributed by atoms with Gasteiger partial charge in [0.1, 0.15) is 17.2 Å². The molecule has 0 unspecified atom stereocenters. The van der Waals surface area contributed by atoms with Gasteiger partial charge in [0.05, 0.1) is 37.2 Å². The summed E-state index contributed by atoms with van der Waals surface area (Å²) in [6, 6.07) is 36.3. The Kier molecular flexibility index (Phi) is 11.1. The molecule has 6 aromatic rings. The predicted molar refractivity (Wildman–Crippen MR) is 222 cm³/mol. The number of nitrogens with one attached hydrogen (secondary N) is 1. The van der Waals surface area contributed by atoms with Crippen LogP contribution in [0.4, 0.5) is 0 Å². The van der Waals surface area contributed by atoms with Crippen molar-refractivity contribution in [3.63, 3.8) is 0 Å². The number of aliphatic imine (C=N–C) groups is 1. The van der Waals surface area contributed by atoms with E-state index in [0.717, 1.165) is 50.1 Å². The normalized spacial score (nSPS) is 13.9. The van der Waals surface area contributed by atoms with Crippen LogP contribution in [0.25, 0.3) is 17.0 Å². The second-order valence-corrected chi connectivity index (χ2v) is 16.3. The molecule has 1 aliphatic rings. The zero-order chi connectivity index (χ0) is 39.5. The van der Waals surface area contributed by atoms with E-state index in [9.17, 15) is 9.36 Å². The maximum atomic E-state index is 14.8. The van der Waals surface area contributed by atoms with Crippen molar-refractivity contribution < 1.29 is 27.7 Å². The summed E-state index contributed by atoms with van der Waals surface area (Å²) < 4.78 is 40.3. The number of H-pyrrole nitrogens is 1. The molecule has 0 fully saturated rings. The zero-order valence-electron chi connectivity index (χ0n) is 32.5. The van der Waals surface area contributed by atoms with Crippen molar-refractivity contribution in [2.75, 3.05) is 7.11 Å². The number of aryl methyl sites for hydroxylation is 3. The van der Waals surface area contributed by atoms with E-state index in [1.165, 1.54) is 0 Å². The minimum atomic E-state index is -4.20. The maximum Gasteiger partial charge on any atom is 0.530 e. The third-order valence-electron chi connectivity index (χ3n) is 9.85. The number of phosphoric ester groups is 1. The van der Waals surface area contributed by atoms with E-state index in [2.05, 4.69) is 11.1 Å². The number of carbonyl (C=O) groups excluding carboxylic acids is 1. The van der Waals surface area contributed by atoms with Crippen LogP contribution in [0.3, 0.4) is 0 Å². The van der Waals surface area contributed by atoms with Crippen LogP contribution in [0.15, 0.2) is 138 Å². The van der Waals surface area contributed by atoms with E-state index in [-0.39, 0.29) is 25.5 Å². The van der Waals surface area contributed by atoms with E-state index in [0.29, 0.717) is 28.6 Å². The molecular formula is C46H46N3O6P. The Labute approximate surface area is 327 Å². The molecule has 0 aliphatic carbocycles. The first-order chi connectivity index (χ1) is 26.9. The second kappa shape index (κ2) is 16.2. The van der Waals surface area contributed by atoms with Gasteiger partial charge < -0.3 is 14.2 Å². The lowest BCUT2D eigenvalue weighted by molar-refractivity contribution is 0.0880. The number of ether oxygens (including phenoxy) is 1. The van der Waals surface area contributed by atoms with Crippen LogP contribution >= 0.6 is 7.82 Å². The monoisotopic (exact) mass is 767 g/mol. The highest BCUT2D eigenvalue weighted by Gasteiger charge is 2.36. The predicted octanol–water partition coefficient (Wildman–Crippen LogP) is 11.2. The Morgan fingerprint density at radius 1 is 0.821 bits per heavy atom. The van der Waals surface area contributed by atoms with Crippen molar-refractivity contribution >= 4 is 36.4 Å². The summed E-state index contributed by atoms with van der Waals surface area (Å²) in [4.78, 5) is 23.1. The highest BCUT2D eigenvalue weighted by atomic mass is 31.2. The minimum Gasteiger partial charge on any atom is -0.494 e. The summed E-state index contributed by atoms with van der Waals surface area (Å²) in [5, 5.41) is 0.906. The smallest absolute Gasteiger partial charge is 0.494 e. The number of aromatic nitrogens is 2. The number of para-hydroxylation sites is 1. The van der Waals surface area contributed by atoms with E-state index in [1.807, 2.05) is 150 Å². The van der Waals surface area contributed by atoms with Gasteiger partial charge in [-0.3, -0.25) is 18.4 Å². The van der Waals surface area contributed by atoms with E-state index in [4.69, 9.17) is 23.3 Å². The summed E-state index contributed by atoms with van der Waals surface area (Å²) >= 11 is 0. The molecule has 4 aromatic carbocycles. The first kappa shape index (κ1) is 38.5. The van der Waals surface area contributed by atoms with Crippen molar-refractivity contribution in [2.24, 2.45) is 4.99 Å². The average Bonchev–Trinajstić information content (AvgIpc) is 3.87. The fourth-order valence-electron chi connectivity index (χ4n) is 7.26. The number of benzene rings is 4. The number of phosphoric acid groups is 1. The van der Waals surface area contributed by atoms with Crippen LogP contribution in [0, 0.1) is 20.8 Å². The highest BCUT2D eigenvalue weighted by molar-refractivity contribution is 7.48. The third-order valence-corrected chi connectivity index (χ3v) is 11.2. The molecule has 7 rings (SSSR count). The Hall–Kier alpha value is -5.73. The molecule has 10 heteroatoms. The minimum absolute atomic E-state index is 0.0175. The number of methoxy groups -OCH3 is 1. The number of hydrogen-bond donors (Lipinski definition) is 1. The van der Waals surface area contributed by atoms with Gasteiger partial charge in [-0.25, -0.2) is 9.56 Å². The lowest BCUT2D eigenvalue weighted by Gasteiger charge is -2.30. The molecule has 9 nitrogen and oxygen atoms in total. The van der Waals surface area contributed by atoms with Gasteiger partial charge in [-0.15, -0.1) is 0 Å². The van der Waals surface area contributed by atoms with Crippen molar-refractivity contribution in [1.29, 1.82) is 0 Å². The number of hydrogen-bond acceptors (Lipinski definition) is 7. The quantitative estimate of drug-likeness (QED) is 0.111. The van der Waals surface area contributed by atoms with Crippen LogP contribution in [0.5, 0.6) is 5.75 Å². The van der Waals surface area contributed by atoms with E-state index in [1.54, 1.807) is 17.7 Å². The van der Waals surface area contributed by atoms with Crippen LogP contribution in [-0.2, 0) is 37.0 Å². The van der Waals surface area contributed by atoms with Gasteiger partial charge in [0.25, 0.3) is 0 Å². The Bertz CT molecular complexity index is 2480. The first-order valence-corrected chi connectivity index (χ1v) is 20.0. The van der Waals surface area contributed by atoms with Gasteiger partial charge in [-0.05, 0) is 73.4 Å². The largest absolute Gasteiger partial charge is 0.530 e. The Balaban J connectivity index is 1.22. The van der Waals surface area contributed by atoms with Gasteiger partial charge in [-0.2, -0.15) is 0 Å². The molecule has 3 heterocycles. The number of fused-ring (bicyclic) bond motifs is 1. The molecule has 1 N–H and O–H groups in total. The van der Waals surface area contributed by atoms with Crippen LogP contribution in [-0.4, -0.2) is 28.3 Å². The highest BCUT2D eigenvalue weighted by Crippen LogP contribution is 2.53. The molecule has 0 saturated carbocycles. The summed E-state index contributed by atoms with van der Waals surface area (Å²) in [6.45, 7) is 10.0. The van der Waals surface area contributed by atoms with E-state index >= 15 is 0 Å². The van der Waals surface area contributed by atoms with Crippen molar-refractivity contribution in [1.82, 2.24) is 9.55 Å². The third kappa shape index (κ3) is 8.41. The molecule has 56 heavy (non-hydrogen) atoms. The van der Waals surface area contributed by atoms with Crippen molar-refractivity contribution in [3.05, 3.63) is 178 Å². The molecule has 0 atom stereocenters. The van der Waals surface area contributed by atoms with Gasteiger partial charge in [0, 0.05) is 40.2 Å². The molecule has 0 spiro atoms. The molecule has 0 radical (unpaired) electrons. The number of nitrogens with zero attached hydrogens (tertiary/aromatic N) is 2. The van der Waals surface area contributed by atoms with Gasteiger partial charge >= 0.3 is 7.82 Å². The second-order valence-electron chi connectivity index (χ2n) is 14.7. The van der Waals surface area contributed by atoms with E-state index < -0.39 is 13.2 Å². The summed E-state index contributed by atoms with van der Waals surface area (Å²) in [5.41, 5.74) is 8.22. The summed E-state index contributed by atoms with van der Waals surface area (Å²) in [7, 11) is -2.58. The standard InChI is InChI=1S/C46H46N3O6P/c1-31-16-15-23-42(55-56(51,53-29-34-17-9-7-10-18-34)54-30-35-19-11-8-12-20-35)45(31)46(4,5)28-44(50)49-40-22-14-13-21-36(40)25-41(49)38-27-43(52-6)39(48-38)26-37-32(2)24-33(3)47-37/h7-27,47H,28-30H2,1-6H3. The SMILES string of the molecule is COC1=CC(c2cc3ccccc3n2C(=O)CC(C)(C)c2c(C)cccc2OP(=O)(OCc2ccccc2)OCc2ccccc2)=NC1=Cc1[nH]c(C)cc1C. The summed E-state index contributed by atoms with van der Waals surface area (Å²) in [6.07, 6.45) is 3.92. The molecule has 0 saturated heterocycles. The van der Waals surface area contributed by atoms with Crippen molar-refractivity contribution in [2.45, 2.75) is 59.7 Å². The topological polar surface area (TPSA) is 104 Å². The first-order valence-electron chi connectivity index (χ1n) is 18.6. The van der Waals surface area contributed by atoms with Crippen LogP contribution in [0.1, 0.15) is 70.0 Å². The molecule has 2 aromatic heterocycles. The number of carbonyl (C=O) groups is 1. The van der Waals surface area contributed by atoms with Gasteiger partial charge in [0.2, 0.25) is 5.91 Å². The van der Waals surface area contributed by atoms with Gasteiger partial charge in [0.15, 0.2) is 0 Å². The lowest BCUT2D eigenvalue weighted by atomic mass is 9.78. The number of allylic oxidation sites excluding steroid dienone is 1. The van der Waals surface area contributed by atoms with Crippen LogP contribution < -0.4 is 4.52 Å². The molecule has 1 aliphatic heterocycles. The van der Waals surface area contributed by atoms with Crippen molar-refractivity contribution in [3.8, 4) is 5.75 Å². The number of aromatic amines is 1. The number of rotatable bonds is 14. The van der Waals surface area contributed by atoms with Crippen LogP contribution in [0.2, 0.25) is 0 Å².